The molecule has 3 aromatic carbocycles. The number of hydrogen-bond donors (Lipinski definition) is 0. The van der Waals surface area contributed by atoms with E-state index >= 15 is 0 Å². The quantitative estimate of drug-likeness (QED) is 0.136. The van der Waals surface area contributed by atoms with Gasteiger partial charge < -0.3 is 9.97 Å². The van der Waals surface area contributed by atoms with Crippen molar-refractivity contribution in [3.63, 3.8) is 0 Å². The molecule has 5 aromatic rings. The Morgan fingerprint density at radius 2 is 1.44 bits per heavy atom. The Kier molecular flexibility index (Phi) is 10.7. The number of nitrogens with zero attached hydrogens (tertiary/aromatic N) is 2. The van der Waals surface area contributed by atoms with Gasteiger partial charge in [0.25, 0.3) is 0 Å². The maximum absolute atomic E-state index is 4.55. The molecule has 1 radical (unpaired) electrons. The average Bonchev–Trinajstić information content (AvgIpc) is 2.91. The minimum absolute atomic E-state index is 0. The van der Waals surface area contributed by atoms with Gasteiger partial charge in [-0.3, -0.25) is 0 Å². The van der Waals surface area contributed by atoms with Crippen molar-refractivity contribution in [3.8, 4) is 22.5 Å². The van der Waals surface area contributed by atoms with E-state index in [-0.39, 0.29) is 20.1 Å². The van der Waals surface area contributed by atoms with Crippen LogP contribution >= 0.6 is 0 Å². The minimum atomic E-state index is -1.24. The van der Waals surface area contributed by atoms with E-state index in [0.717, 1.165) is 28.9 Å². The van der Waals surface area contributed by atoms with Crippen molar-refractivity contribution in [2.75, 3.05) is 0 Å². The topological polar surface area (TPSA) is 25.8 Å². The van der Waals surface area contributed by atoms with Crippen LogP contribution in [0.3, 0.4) is 0 Å². The van der Waals surface area contributed by atoms with Crippen molar-refractivity contribution in [3.05, 3.63) is 137 Å². The Labute approximate surface area is 249 Å². The third-order valence-corrected chi connectivity index (χ3v) is 8.60. The molecule has 0 atom stereocenters. The van der Waals surface area contributed by atoms with Crippen LogP contribution < -0.4 is 5.19 Å². The zero-order valence-corrected chi connectivity index (χ0v) is 27.1. The zero-order chi connectivity index (χ0) is 27.1. The van der Waals surface area contributed by atoms with Crippen LogP contribution in [0.25, 0.3) is 22.5 Å². The van der Waals surface area contributed by atoms with Crippen LogP contribution in [0.1, 0.15) is 27.8 Å². The van der Waals surface area contributed by atoms with Crippen LogP contribution in [0.5, 0.6) is 0 Å². The number of aromatic nitrogens is 2. The molecule has 0 aliphatic heterocycles. The second-order valence-corrected chi connectivity index (χ2v) is 16.0. The van der Waals surface area contributed by atoms with Crippen LogP contribution in [-0.4, -0.2) is 18.0 Å². The van der Waals surface area contributed by atoms with E-state index < -0.39 is 8.07 Å². The molecule has 0 aliphatic carbocycles. The summed E-state index contributed by atoms with van der Waals surface area (Å²) in [5, 5.41) is 1.40. The predicted octanol–water partition coefficient (Wildman–Crippen LogP) is 8.16. The molecule has 0 bridgehead atoms. The molecule has 0 saturated carbocycles. The molecule has 0 unspecified atom stereocenters. The van der Waals surface area contributed by atoms with Gasteiger partial charge in [-0.25, -0.2) is 0 Å². The fraction of sp³-hybridized carbons (Fsp3) is 0.200. The number of hydrogen-bond acceptors (Lipinski definition) is 2. The molecule has 0 amide bonds. The Morgan fingerprint density at radius 3 is 2.05 bits per heavy atom. The fourth-order valence-electron chi connectivity index (χ4n) is 4.10. The van der Waals surface area contributed by atoms with Gasteiger partial charge in [0.1, 0.15) is 0 Å². The van der Waals surface area contributed by atoms with E-state index in [2.05, 4.69) is 135 Å². The van der Waals surface area contributed by atoms with Crippen molar-refractivity contribution in [1.82, 2.24) is 9.97 Å². The SMILES string of the molecule is Cc1c[c-]c(-c2ccc([Si](C)(C)C)cn2)cc1.Cc1ccnc(-c2[c-]cc(C)c(Cc3ccccc3)c2)c1.[Ir]. The zero-order valence-electron chi connectivity index (χ0n) is 23.7. The van der Waals surface area contributed by atoms with Gasteiger partial charge in [0.05, 0.1) is 8.07 Å². The maximum atomic E-state index is 4.55. The van der Waals surface area contributed by atoms with Gasteiger partial charge in [0.15, 0.2) is 0 Å². The van der Waals surface area contributed by atoms with E-state index in [9.17, 15) is 0 Å². The van der Waals surface area contributed by atoms with Crippen molar-refractivity contribution in [1.29, 1.82) is 0 Å². The van der Waals surface area contributed by atoms with Crippen molar-refractivity contribution >= 4 is 13.3 Å². The summed E-state index contributed by atoms with van der Waals surface area (Å²) in [6, 6.07) is 36.1. The molecule has 2 nitrogen and oxygen atoms in total. The number of pyridine rings is 2. The molecule has 39 heavy (non-hydrogen) atoms. The Morgan fingerprint density at radius 1 is 0.692 bits per heavy atom. The molecule has 5 rings (SSSR count). The first kappa shape index (κ1) is 30.4. The number of rotatable bonds is 5. The van der Waals surface area contributed by atoms with Gasteiger partial charge >= 0.3 is 0 Å². The third-order valence-electron chi connectivity index (χ3n) is 6.57. The van der Waals surface area contributed by atoms with Crippen LogP contribution in [0.4, 0.5) is 0 Å². The van der Waals surface area contributed by atoms with Gasteiger partial charge in [-0.2, -0.15) is 0 Å². The molecule has 4 heteroatoms. The average molecular weight is 705 g/mol. The van der Waals surface area contributed by atoms with Gasteiger partial charge in [0.2, 0.25) is 0 Å². The summed E-state index contributed by atoms with van der Waals surface area (Å²) in [5.41, 5.74) is 10.5. The van der Waals surface area contributed by atoms with Gasteiger partial charge in [-0.15, -0.1) is 70.3 Å². The van der Waals surface area contributed by atoms with E-state index in [0.29, 0.717) is 0 Å². The standard InChI is InChI=1S/C20H18N.C15H18NSi.Ir/c1-15-10-11-21-20(12-15)18-9-8-16(2)19(14-18)13-17-6-4-3-5-7-17;1-12-5-7-13(8-6-12)15-10-9-14(11-16-15)17(2,3)4;/h3-8,10-12,14H,13H2,1-2H3;5-7,9-11H,1-4H3;/q2*-1;. The molecule has 0 aliphatic rings. The van der Waals surface area contributed by atoms with Crippen LogP contribution in [0, 0.1) is 32.9 Å². The summed E-state index contributed by atoms with van der Waals surface area (Å²) in [6.45, 7) is 13.3. The van der Waals surface area contributed by atoms with Crippen LogP contribution in [0.2, 0.25) is 19.6 Å². The van der Waals surface area contributed by atoms with Gasteiger partial charge in [-0.05, 0) is 41.5 Å². The molecule has 201 valence electrons. The first-order valence-electron chi connectivity index (χ1n) is 13.1. The number of aryl methyl sites for hydroxylation is 3. The molecule has 0 fully saturated rings. The molecule has 0 N–H and O–H groups in total. The molecule has 0 spiro atoms. The smallest absolute Gasteiger partial charge is 0.0795 e. The molecular formula is C35H36IrN2Si-2. The second kappa shape index (κ2) is 13.8. The van der Waals surface area contributed by atoms with Crippen molar-refractivity contribution < 1.29 is 20.1 Å². The summed E-state index contributed by atoms with van der Waals surface area (Å²) in [4.78, 5) is 9.00. The minimum Gasteiger partial charge on any atom is -0.305 e. The second-order valence-electron chi connectivity index (χ2n) is 10.9. The monoisotopic (exact) mass is 705 g/mol. The molecular weight excluding hydrogens is 669 g/mol. The Bertz CT molecular complexity index is 1470. The van der Waals surface area contributed by atoms with Gasteiger partial charge in [-0.1, -0.05) is 87.6 Å². The van der Waals surface area contributed by atoms with Crippen LogP contribution in [0.15, 0.2) is 97.3 Å². The predicted molar refractivity (Wildman–Crippen MR) is 163 cm³/mol. The summed E-state index contributed by atoms with van der Waals surface area (Å²) < 4.78 is 0. The third kappa shape index (κ3) is 8.66. The summed E-state index contributed by atoms with van der Waals surface area (Å²) in [6.07, 6.45) is 4.82. The van der Waals surface area contributed by atoms with Crippen molar-refractivity contribution in [2.45, 2.75) is 46.8 Å². The summed E-state index contributed by atoms with van der Waals surface area (Å²) >= 11 is 0. The van der Waals surface area contributed by atoms with E-state index in [1.165, 1.54) is 33.0 Å². The maximum Gasteiger partial charge on any atom is 0.0795 e. The van der Waals surface area contributed by atoms with Gasteiger partial charge in [0, 0.05) is 32.5 Å². The largest absolute Gasteiger partial charge is 0.305 e. The first-order chi connectivity index (χ1) is 18.2. The molecule has 0 saturated heterocycles. The summed E-state index contributed by atoms with van der Waals surface area (Å²) in [5.74, 6) is 0. The van der Waals surface area contributed by atoms with Crippen molar-refractivity contribution in [2.24, 2.45) is 0 Å². The summed E-state index contributed by atoms with van der Waals surface area (Å²) in [7, 11) is -1.24. The van der Waals surface area contributed by atoms with E-state index in [1.54, 1.807) is 0 Å². The number of benzene rings is 3. The molecule has 2 heterocycles. The fourth-order valence-corrected chi connectivity index (χ4v) is 5.14. The van der Waals surface area contributed by atoms with Crippen LogP contribution in [-0.2, 0) is 26.5 Å². The van der Waals surface area contributed by atoms with E-state index in [1.807, 2.05) is 24.5 Å². The molecule has 2 aromatic heterocycles. The normalized spacial score (nSPS) is 10.7. The Balaban J connectivity index is 0.000000215. The first-order valence-corrected chi connectivity index (χ1v) is 16.6. The Hall–Kier alpha value is -3.17. The van der Waals surface area contributed by atoms with E-state index in [4.69, 9.17) is 0 Å².